The van der Waals surface area contributed by atoms with Gasteiger partial charge in [0.25, 0.3) is 0 Å². The normalized spacial score (nSPS) is 36.9. The zero-order chi connectivity index (χ0) is 27.9. The van der Waals surface area contributed by atoms with Crippen LogP contribution in [0.4, 0.5) is 0 Å². The lowest BCUT2D eigenvalue weighted by molar-refractivity contribution is -0.211. The molecule has 206 valence electrons. The van der Waals surface area contributed by atoms with Crippen molar-refractivity contribution in [2.24, 2.45) is 5.92 Å². The number of esters is 4. The average molecular weight is 525 g/mol. The molecule has 0 radical (unpaired) electrons. The molecule has 0 aromatic carbocycles. The molecule has 0 aromatic rings. The van der Waals surface area contributed by atoms with Crippen LogP contribution < -0.4 is 0 Å². The van der Waals surface area contributed by atoms with E-state index < -0.39 is 77.1 Å². The summed E-state index contributed by atoms with van der Waals surface area (Å²) < 4.78 is 22.4. The number of carbonyl (C=O) groups is 5. The highest BCUT2D eigenvalue weighted by atomic mass is 16.6. The van der Waals surface area contributed by atoms with Crippen LogP contribution in [-0.4, -0.2) is 75.0 Å². The molecule has 2 N–H and O–H groups in total. The molecule has 0 spiro atoms. The van der Waals surface area contributed by atoms with Crippen LogP contribution in [0.3, 0.4) is 0 Å². The molecule has 0 aromatic heterocycles. The summed E-state index contributed by atoms with van der Waals surface area (Å²) in [6.07, 6.45) is -3.36. The van der Waals surface area contributed by atoms with Crippen LogP contribution in [0.1, 0.15) is 80.1 Å². The quantitative estimate of drug-likeness (QED) is 0.349. The number of rotatable bonds is 8. The fourth-order valence-electron chi connectivity index (χ4n) is 5.71. The number of unbranched alkanes of at least 4 members (excludes halogenated alkanes) is 1. The van der Waals surface area contributed by atoms with Crippen molar-refractivity contribution in [3.8, 4) is 0 Å². The van der Waals surface area contributed by atoms with E-state index in [1.807, 2.05) is 6.92 Å². The van der Waals surface area contributed by atoms with Crippen LogP contribution in [0.5, 0.6) is 0 Å². The molecule has 2 fully saturated rings. The van der Waals surface area contributed by atoms with E-state index in [0.717, 1.165) is 20.3 Å². The Morgan fingerprint density at radius 1 is 1.03 bits per heavy atom. The summed E-state index contributed by atoms with van der Waals surface area (Å²) in [6.45, 7) is 8.71. The standard InChI is InChI=1S/C26H36O11/c1-7-9-11-17(29)35-21-19-18(13(3)20(21)30)22-26(33,25(6,32)23(31)36-22)15(34-16(28)10-8-2)12-24(19,5)37-14(4)27/h15,19,21-22,32-33H,7-12H2,1-6H3/t15-,19+,21-,22-,24-,25+,26+/m0/s1. The molecule has 0 unspecified atom stereocenters. The Balaban J connectivity index is 2.22. The highest BCUT2D eigenvalue weighted by Gasteiger charge is 2.75. The van der Waals surface area contributed by atoms with E-state index in [2.05, 4.69) is 0 Å². The molecule has 1 saturated heterocycles. The van der Waals surface area contributed by atoms with Gasteiger partial charge in [0.1, 0.15) is 11.7 Å². The molecule has 11 nitrogen and oxygen atoms in total. The summed E-state index contributed by atoms with van der Waals surface area (Å²) >= 11 is 0. The Hall–Kier alpha value is -2.79. The van der Waals surface area contributed by atoms with Crippen molar-refractivity contribution < 1.29 is 53.1 Å². The molecule has 1 saturated carbocycles. The average Bonchev–Trinajstić information content (AvgIpc) is 3.11. The Morgan fingerprint density at radius 3 is 2.22 bits per heavy atom. The smallest absolute Gasteiger partial charge is 0.341 e. The summed E-state index contributed by atoms with van der Waals surface area (Å²) in [5.41, 5.74) is -6.67. The Labute approximate surface area is 215 Å². The minimum Gasteiger partial charge on any atom is -0.459 e. The molecule has 3 rings (SSSR count). The molecule has 3 aliphatic rings. The summed E-state index contributed by atoms with van der Waals surface area (Å²) in [7, 11) is 0. The van der Waals surface area contributed by atoms with Crippen molar-refractivity contribution in [3.63, 3.8) is 0 Å². The van der Waals surface area contributed by atoms with E-state index in [1.54, 1.807) is 6.92 Å². The Bertz CT molecular complexity index is 1030. The Morgan fingerprint density at radius 2 is 1.65 bits per heavy atom. The van der Waals surface area contributed by atoms with E-state index in [1.165, 1.54) is 13.8 Å². The van der Waals surface area contributed by atoms with Gasteiger partial charge in [-0.25, -0.2) is 4.79 Å². The highest BCUT2D eigenvalue weighted by molar-refractivity contribution is 6.04. The minimum absolute atomic E-state index is 0.0141. The number of ketones is 1. The largest absolute Gasteiger partial charge is 0.459 e. The maximum absolute atomic E-state index is 13.4. The highest BCUT2D eigenvalue weighted by Crippen LogP contribution is 2.56. The number of fused-ring (bicyclic) bond motifs is 3. The van der Waals surface area contributed by atoms with Crippen molar-refractivity contribution in [2.75, 3.05) is 0 Å². The van der Waals surface area contributed by atoms with Gasteiger partial charge in [-0.1, -0.05) is 20.3 Å². The van der Waals surface area contributed by atoms with Crippen molar-refractivity contribution in [3.05, 3.63) is 11.1 Å². The van der Waals surface area contributed by atoms with E-state index in [9.17, 15) is 34.2 Å². The van der Waals surface area contributed by atoms with Gasteiger partial charge in [0, 0.05) is 26.2 Å². The van der Waals surface area contributed by atoms with E-state index >= 15 is 0 Å². The lowest BCUT2D eigenvalue weighted by Gasteiger charge is -2.41. The third kappa shape index (κ3) is 4.67. The van der Waals surface area contributed by atoms with Gasteiger partial charge in [-0.3, -0.25) is 19.2 Å². The van der Waals surface area contributed by atoms with Crippen molar-refractivity contribution in [1.29, 1.82) is 0 Å². The predicted molar refractivity (Wildman–Crippen MR) is 126 cm³/mol. The van der Waals surface area contributed by atoms with Crippen LogP contribution in [-0.2, 0) is 42.9 Å². The van der Waals surface area contributed by atoms with Crippen molar-refractivity contribution in [1.82, 2.24) is 0 Å². The van der Waals surface area contributed by atoms with E-state index in [-0.39, 0.29) is 24.0 Å². The van der Waals surface area contributed by atoms with Gasteiger partial charge in [0.15, 0.2) is 29.2 Å². The van der Waals surface area contributed by atoms with Crippen LogP contribution >= 0.6 is 0 Å². The third-order valence-corrected chi connectivity index (χ3v) is 7.62. The number of hydrogen-bond acceptors (Lipinski definition) is 11. The number of Topliss-reactive ketones (excluding diaryl/α,β-unsaturated/α-hetero) is 1. The van der Waals surface area contributed by atoms with Gasteiger partial charge < -0.3 is 29.2 Å². The lowest BCUT2D eigenvalue weighted by atomic mass is 9.75. The third-order valence-electron chi connectivity index (χ3n) is 7.62. The SMILES string of the molecule is CCCCC(=O)O[C@@H]1C(=O)C(C)=C2[C@H]1[C@@](C)(OC(C)=O)C[C@H](OC(=O)CCC)[C@@]1(O)[C@H]2OC(=O)[C@@]1(C)O. The zero-order valence-corrected chi connectivity index (χ0v) is 22.1. The topological polar surface area (TPSA) is 163 Å². The number of aliphatic hydroxyl groups is 2. The first-order chi connectivity index (χ1) is 17.1. The molecule has 1 heterocycles. The fraction of sp³-hybridized carbons (Fsp3) is 0.731. The van der Waals surface area contributed by atoms with Crippen LogP contribution in [0.15, 0.2) is 11.1 Å². The summed E-state index contributed by atoms with van der Waals surface area (Å²) in [5, 5.41) is 23.2. The summed E-state index contributed by atoms with van der Waals surface area (Å²) in [4.78, 5) is 63.6. The first kappa shape index (κ1) is 28.8. The van der Waals surface area contributed by atoms with Crippen LogP contribution in [0, 0.1) is 5.92 Å². The van der Waals surface area contributed by atoms with Gasteiger partial charge in [0.05, 0.1) is 5.92 Å². The fourth-order valence-corrected chi connectivity index (χ4v) is 5.71. The number of hydrogen-bond donors (Lipinski definition) is 2. The molecule has 0 bridgehead atoms. The van der Waals surface area contributed by atoms with E-state index in [4.69, 9.17) is 18.9 Å². The van der Waals surface area contributed by atoms with Crippen molar-refractivity contribution >= 4 is 29.7 Å². The molecule has 1 aliphatic heterocycles. The van der Waals surface area contributed by atoms with Gasteiger partial charge in [-0.2, -0.15) is 0 Å². The lowest BCUT2D eigenvalue weighted by Crippen LogP contribution is -2.64. The Kier molecular flexibility index (Phi) is 7.91. The molecule has 0 amide bonds. The summed E-state index contributed by atoms with van der Waals surface area (Å²) in [6, 6.07) is 0. The number of ether oxygens (including phenoxy) is 4. The maximum atomic E-state index is 13.4. The molecule has 37 heavy (non-hydrogen) atoms. The minimum atomic E-state index is -2.55. The van der Waals surface area contributed by atoms with Gasteiger partial charge in [0.2, 0.25) is 0 Å². The second kappa shape index (κ2) is 10.2. The molecule has 11 heteroatoms. The summed E-state index contributed by atoms with van der Waals surface area (Å²) in [5.74, 6) is -5.05. The molecular weight excluding hydrogens is 488 g/mol. The zero-order valence-electron chi connectivity index (χ0n) is 22.1. The second-order valence-corrected chi connectivity index (χ2v) is 10.5. The first-order valence-corrected chi connectivity index (χ1v) is 12.6. The molecule has 7 atom stereocenters. The monoisotopic (exact) mass is 524 g/mol. The molecule has 2 aliphatic carbocycles. The first-order valence-electron chi connectivity index (χ1n) is 12.6. The van der Waals surface area contributed by atoms with Crippen LogP contribution in [0.2, 0.25) is 0 Å². The maximum Gasteiger partial charge on any atom is 0.341 e. The second-order valence-electron chi connectivity index (χ2n) is 10.5. The van der Waals surface area contributed by atoms with Gasteiger partial charge in [-0.05, 0) is 44.8 Å². The van der Waals surface area contributed by atoms with E-state index in [0.29, 0.717) is 12.8 Å². The van der Waals surface area contributed by atoms with Gasteiger partial charge >= 0.3 is 23.9 Å². The number of carbonyl (C=O) groups excluding carboxylic acids is 5. The molecular formula is C26H36O11. The van der Waals surface area contributed by atoms with Crippen LogP contribution in [0.25, 0.3) is 0 Å². The van der Waals surface area contributed by atoms with Crippen molar-refractivity contribution in [2.45, 2.75) is 115 Å². The predicted octanol–water partition coefficient (Wildman–Crippen LogP) is 1.45. The van der Waals surface area contributed by atoms with Gasteiger partial charge in [-0.15, -0.1) is 0 Å².